The predicted octanol–water partition coefficient (Wildman–Crippen LogP) is 0.122. The monoisotopic (exact) mass is 210 g/mol. The second kappa shape index (κ2) is 7.64. The summed E-state index contributed by atoms with van der Waals surface area (Å²) >= 11 is 0. The Labute approximate surface area is 81.8 Å². The van der Waals surface area contributed by atoms with E-state index in [1.165, 1.54) is 0 Å². The van der Waals surface area contributed by atoms with Crippen LogP contribution in [0.3, 0.4) is 0 Å². The molecule has 6 heteroatoms. The Balaban J connectivity index is 3.32. The summed E-state index contributed by atoms with van der Waals surface area (Å²) in [6.45, 7) is 1.47. The van der Waals surface area contributed by atoms with Crippen molar-refractivity contribution in [1.29, 1.82) is 0 Å². The van der Waals surface area contributed by atoms with Gasteiger partial charge in [-0.2, -0.15) is 0 Å². The lowest BCUT2D eigenvalue weighted by molar-refractivity contribution is -0.122. The van der Waals surface area contributed by atoms with Gasteiger partial charge in [-0.3, -0.25) is 4.79 Å². The topological polar surface area (TPSA) is 64.4 Å². The minimum Gasteiger partial charge on any atom is -0.374 e. The van der Waals surface area contributed by atoms with Crippen molar-refractivity contribution in [3.05, 3.63) is 0 Å². The van der Waals surface area contributed by atoms with E-state index in [0.29, 0.717) is 6.42 Å². The third kappa shape index (κ3) is 6.73. The minimum absolute atomic E-state index is 0.0759. The van der Waals surface area contributed by atoms with Crippen LogP contribution in [0.25, 0.3) is 0 Å². The highest BCUT2D eigenvalue weighted by Gasteiger charge is 2.09. The molecule has 0 saturated heterocycles. The third-order valence-corrected chi connectivity index (χ3v) is 1.57. The van der Waals surface area contributed by atoms with Crippen LogP contribution in [-0.4, -0.2) is 38.1 Å². The number of carbonyl (C=O) groups is 1. The number of halogens is 2. The molecule has 1 amide bonds. The number of nitrogens with two attached hydrogens (primary N) is 1. The molecule has 1 atom stereocenters. The van der Waals surface area contributed by atoms with Crippen LogP contribution in [-0.2, 0) is 9.53 Å². The fourth-order valence-electron chi connectivity index (χ4n) is 0.735. The summed E-state index contributed by atoms with van der Waals surface area (Å²) in [6, 6.07) is -0.537. The molecule has 0 unspecified atom stereocenters. The number of alkyl halides is 2. The fourth-order valence-corrected chi connectivity index (χ4v) is 0.735. The molecule has 0 heterocycles. The Bertz CT molecular complexity index is 167. The average molecular weight is 210 g/mol. The molecule has 0 aliphatic rings. The van der Waals surface area contributed by atoms with Gasteiger partial charge in [-0.25, -0.2) is 8.78 Å². The summed E-state index contributed by atoms with van der Waals surface area (Å²) in [4.78, 5) is 11.0. The first-order valence-corrected chi connectivity index (χ1v) is 4.47. The summed E-state index contributed by atoms with van der Waals surface area (Å²) in [5.41, 5.74) is 5.41. The first kappa shape index (κ1) is 13.2. The highest BCUT2D eigenvalue weighted by atomic mass is 19.3. The largest absolute Gasteiger partial charge is 0.374 e. The highest BCUT2D eigenvalue weighted by molar-refractivity contribution is 5.81. The van der Waals surface area contributed by atoms with Gasteiger partial charge in [0.2, 0.25) is 5.91 Å². The maximum atomic E-state index is 11.6. The van der Waals surface area contributed by atoms with Crippen molar-refractivity contribution in [3.63, 3.8) is 0 Å². The van der Waals surface area contributed by atoms with Gasteiger partial charge < -0.3 is 15.8 Å². The molecule has 0 aromatic carbocycles. The Morgan fingerprint density at radius 1 is 1.57 bits per heavy atom. The van der Waals surface area contributed by atoms with Crippen molar-refractivity contribution in [3.8, 4) is 0 Å². The lowest BCUT2D eigenvalue weighted by Gasteiger charge is -2.09. The van der Waals surface area contributed by atoms with Gasteiger partial charge in [-0.05, 0) is 6.42 Å². The SMILES string of the molecule is CC[C@H](N)C(=O)NCCOCC(F)F. The van der Waals surface area contributed by atoms with Crippen LogP contribution < -0.4 is 11.1 Å². The van der Waals surface area contributed by atoms with Crippen LogP contribution in [0.4, 0.5) is 8.78 Å². The number of rotatable bonds is 7. The van der Waals surface area contributed by atoms with Gasteiger partial charge in [0, 0.05) is 6.54 Å². The van der Waals surface area contributed by atoms with Crippen LogP contribution in [0.2, 0.25) is 0 Å². The van der Waals surface area contributed by atoms with Gasteiger partial charge in [0.1, 0.15) is 6.61 Å². The van der Waals surface area contributed by atoms with Crippen LogP contribution in [0.15, 0.2) is 0 Å². The van der Waals surface area contributed by atoms with E-state index >= 15 is 0 Å². The van der Waals surface area contributed by atoms with E-state index in [1.807, 2.05) is 0 Å². The Morgan fingerprint density at radius 3 is 2.71 bits per heavy atom. The molecular weight excluding hydrogens is 194 g/mol. The molecule has 0 radical (unpaired) electrons. The number of hydrogen-bond donors (Lipinski definition) is 2. The maximum absolute atomic E-state index is 11.6. The zero-order chi connectivity index (χ0) is 11.0. The Hall–Kier alpha value is -0.750. The minimum atomic E-state index is -2.47. The van der Waals surface area contributed by atoms with Crippen molar-refractivity contribution in [2.45, 2.75) is 25.8 Å². The second-order valence-electron chi connectivity index (χ2n) is 2.77. The predicted molar refractivity (Wildman–Crippen MR) is 48.1 cm³/mol. The molecule has 0 aromatic rings. The van der Waals surface area contributed by atoms with Gasteiger partial charge in [0.25, 0.3) is 6.43 Å². The third-order valence-electron chi connectivity index (χ3n) is 1.57. The molecule has 0 aromatic heterocycles. The lowest BCUT2D eigenvalue weighted by atomic mass is 10.2. The second-order valence-corrected chi connectivity index (χ2v) is 2.77. The average Bonchev–Trinajstić information content (AvgIpc) is 2.15. The van der Waals surface area contributed by atoms with E-state index in [0.717, 1.165) is 0 Å². The molecule has 0 bridgehead atoms. The smallest absolute Gasteiger partial charge is 0.261 e. The van der Waals surface area contributed by atoms with E-state index < -0.39 is 19.1 Å². The molecule has 3 N–H and O–H groups in total. The van der Waals surface area contributed by atoms with Crippen molar-refractivity contribution in [2.75, 3.05) is 19.8 Å². The fraction of sp³-hybridized carbons (Fsp3) is 0.875. The van der Waals surface area contributed by atoms with Crippen molar-refractivity contribution >= 4 is 5.91 Å². The summed E-state index contributed by atoms with van der Waals surface area (Å²) in [6.07, 6.45) is -1.92. The van der Waals surface area contributed by atoms with Crippen molar-refractivity contribution in [1.82, 2.24) is 5.32 Å². The number of amides is 1. The van der Waals surface area contributed by atoms with E-state index in [2.05, 4.69) is 10.1 Å². The van der Waals surface area contributed by atoms with Gasteiger partial charge >= 0.3 is 0 Å². The zero-order valence-corrected chi connectivity index (χ0v) is 8.13. The number of ether oxygens (including phenoxy) is 1. The number of hydrogen-bond acceptors (Lipinski definition) is 3. The molecule has 0 fully saturated rings. The van der Waals surface area contributed by atoms with E-state index in [-0.39, 0.29) is 19.1 Å². The highest BCUT2D eigenvalue weighted by Crippen LogP contribution is 1.91. The van der Waals surface area contributed by atoms with Crippen LogP contribution in [0, 0.1) is 0 Å². The Kier molecular flexibility index (Phi) is 7.23. The zero-order valence-electron chi connectivity index (χ0n) is 8.13. The Morgan fingerprint density at radius 2 is 2.21 bits per heavy atom. The molecule has 84 valence electrons. The quantitative estimate of drug-likeness (QED) is 0.587. The number of carbonyl (C=O) groups excluding carboxylic acids is 1. The van der Waals surface area contributed by atoms with Gasteiger partial charge in [0.05, 0.1) is 12.6 Å². The first-order chi connectivity index (χ1) is 6.57. The summed E-state index contributed by atoms with van der Waals surface area (Å²) in [5, 5.41) is 2.47. The lowest BCUT2D eigenvalue weighted by Crippen LogP contribution is -2.41. The molecule has 0 saturated carbocycles. The molecule has 14 heavy (non-hydrogen) atoms. The summed E-state index contributed by atoms with van der Waals surface area (Å²) in [7, 11) is 0. The van der Waals surface area contributed by atoms with E-state index in [4.69, 9.17) is 5.73 Å². The van der Waals surface area contributed by atoms with Gasteiger partial charge in [-0.15, -0.1) is 0 Å². The summed E-state index contributed by atoms with van der Waals surface area (Å²) in [5.74, 6) is -0.284. The van der Waals surface area contributed by atoms with Crippen LogP contribution in [0.1, 0.15) is 13.3 Å². The van der Waals surface area contributed by atoms with Crippen LogP contribution in [0.5, 0.6) is 0 Å². The van der Waals surface area contributed by atoms with Gasteiger partial charge in [0.15, 0.2) is 0 Å². The van der Waals surface area contributed by atoms with E-state index in [9.17, 15) is 13.6 Å². The molecular formula is C8H16F2N2O2. The van der Waals surface area contributed by atoms with Crippen LogP contribution >= 0.6 is 0 Å². The molecule has 0 aliphatic heterocycles. The van der Waals surface area contributed by atoms with E-state index in [1.54, 1.807) is 6.92 Å². The normalized spacial score (nSPS) is 12.9. The van der Waals surface area contributed by atoms with Crippen molar-refractivity contribution < 1.29 is 18.3 Å². The molecule has 4 nitrogen and oxygen atoms in total. The number of nitrogens with one attached hydrogen (secondary N) is 1. The molecule has 0 aliphatic carbocycles. The van der Waals surface area contributed by atoms with Gasteiger partial charge in [-0.1, -0.05) is 6.92 Å². The van der Waals surface area contributed by atoms with Crippen molar-refractivity contribution in [2.24, 2.45) is 5.73 Å². The maximum Gasteiger partial charge on any atom is 0.261 e. The standard InChI is InChI=1S/C8H16F2N2O2/c1-2-6(11)8(13)12-3-4-14-5-7(9)10/h6-7H,2-5,11H2,1H3,(H,12,13)/t6-/m0/s1. The first-order valence-electron chi connectivity index (χ1n) is 4.47. The molecule has 0 rings (SSSR count). The molecule has 0 spiro atoms. The summed E-state index contributed by atoms with van der Waals surface area (Å²) < 4.78 is 27.7.